The van der Waals surface area contributed by atoms with E-state index in [1.54, 1.807) is 6.07 Å². The molecule has 1 aromatic rings. The summed E-state index contributed by atoms with van der Waals surface area (Å²) < 4.78 is 65.8. The molecule has 0 spiro atoms. The van der Waals surface area contributed by atoms with Crippen LogP contribution in [0.4, 0.5) is 13.2 Å². The third-order valence-electron chi connectivity index (χ3n) is 2.55. The number of nitriles is 1. The minimum Gasteiger partial charge on any atom is -0.455 e. The summed E-state index contributed by atoms with van der Waals surface area (Å²) in [6.45, 7) is -3.44. The van der Waals surface area contributed by atoms with Crippen LogP contribution in [0.15, 0.2) is 29.2 Å². The van der Waals surface area contributed by atoms with Gasteiger partial charge in [0, 0.05) is 0 Å². The minimum atomic E-state index is -4.61. The zero-order valence-corrected chi connectivity index (χ0v) is 13.3. The molecule has 0 fully saturated rings. The first-order valence-electron chi connectivity index (χ1n) is 6.53. The second-order valence-corrected chi connectivity index (χ2v) is 6.22. The Labute approximate surface area is 140 Å². The number of hydrogen-bond acceptors (Lipinski definition) is 6. The Hall–Kier alpha value is -2.65. The molecule has 0 aliphatic carbocycles. The van der Waals surface area contributed by atoms with Crippen LogP contribution < -0.4 is 10.0 Å². The molecule has 0 unspecified atom stereocenters. The number of sulfonamides is 1. The van der Waals surface area contributed by atoms with Crippen LogP contribution in [0, 0.1) is 11.3 Å². The van der Waals surface area contributed by atoms with Crippen LogP contribution in [-0.4, -0.2) is 46.2 Å². The van der Waals surface area contributed by atoms with Gasteiger partial charge in [0.1, 0.15) is 19.2 Å². The maximum Gasteiger partial charge on any atom is 0.405 e. The van der Waals surface area contributed by atoms with E-state index in [9.17, 15) is 31.2 Å². The quantitative estimate of drug-likeness (QED) is 0.646. The van der Waals surface area contributed by atoms with Crippen molar-refractivity contribution in [2.24, 2.45) is 0 Å². The van der Waals surface area contributed by atoms with Crippen molar-refractivity contribution in [3.8, 4) is 6.07 Å². The SMILES string of the molecule is N#Cc1ccccc1S(=O)(=O)NCC(=O)OCC(=O)NCC(F)(F)F. The van der Waals surface area contributed by atoms with Gasteiger partial charge in [-0.2, -0.15) is 23.2 Å². The summed E-state index contributed by atoms with van der Waals surface area (Å²) >= 11 is 0. The molecule has 0 atom stereocenters. The van der Waals surface area contributed by atoms with Crippen molar-refractivity contribution in [2.45, 2.75) is 11.1 Å². The standard InChI is InChI=1S/C13H12F3N3O5S/c14-13(15,16)8-18-11(20)7-24-12(21)6-19-25(22,23)10-4-2-1-3-9(10)5-17/h1-4,19H,6-8H2,(H,18,20). The number of hydrogen-bond donors (Lipinski definition) is 2. The van der Waals surface area contributed by atoms with Crippen LogP contribution >= 0.6 is 0 Å². The lowest BCUT2D eigenvalue weighted by Crippen LogP contribution is -2.37. The van der Waals surface area contributed by atoms with Crippen molar-refractivity contribution in [2.75, 3.05) is 19.7 Å². The molecule has 0 heterocycles. The van der Waals surface area contributed by atoms with Crippen molar-refractivity contribution in [1.82, 2.24) is 10.0 Å². The second-order valence-electron chi connectivity index (χ2n) is 4.49. The summed E-state index contributed by atoms with van der Waals surface area (Å²) in [6.07, 6.45) is -4.61. The van der Waals surface area contributed by atoms with Crippen LogP contribution in [0.3, 0.4) is 0 Å². The first-order chi connectivity index (χ1) is 11.5. The first-order valence-corrected chi connectivity index (χ1v) is 8.01. The molecule has 1 amide bonds. The Morgan fingerprint density at radius 3 is 2.48 bits per heavy atom. The fourth-order valence-electron chi connectivity index (χ4n) is 1.47. The fraction of sp³-hybridized carbons (Fsp3) is 0.308. The molecule has 25 heavy (non-hydrogen) atoms. The molecular weight excluding hydrogens is 367 g/mol. The smallest absolute Gasteiger partial charge is 0.405 e. The van der Waals surface area contributed by atoms with E-state index in [0.29, 0.717) is 0 Å². The van der Waals surface area contributed by atoms with Gasteiger partial charge in [-0.05, 0) is 12.1 Å². The van der Waals surface area contributed by atoms with E-state index >= 15 is 0 Å². The van der Waals surface area contributed by atoms with Gasteiger partial charge in [0.2, 0.25) is 10.0 Å². The van der Waals surface area contributed by atoms with Crippen molar-refractivity contribution in [1.29, 1.82) is 5.26 Å². The van der Waals surface area contributed by atoms with Crippen LogP contribution in [-0.2, 0) is 24.3 Å². The van der Waals surface area contributed by atoms with E-state index in [1.807, 2.05) is 4.72 Å². The largest absolute Gasteiger partial charge is 0.455 e. The monoisotopic (exact) mass is 379 g/mol. The van der Waals surface area contributed by atoms with Crippen molar-refractivity contribution in [3.63, 3.8) is 0 Å². The van der Waals surface area contributed by atoms with E-state index in [2.05, 4.69) is 4.74 Å². The summed E-state index contributed by atoms with van der Waals surface area (Å²) in [5, 5.41) is 10.3. The number of alkyl halides is 3. The number of ether oxygens (including phenoxy) is 1. The summed E-state index contributed by atoms with van der Waals surface area (Å²) in [4.78, 5) is 22.0. The number of esters is 1. The molecule has 0 saturated carbocycles. The topological polar surface area (TPSA) is 125 Å². The highest BCUT2D eigenvalue weighted by Crippen LogP contribution is 2.14. The molecule has 0 aliphatic rings. The van der Waals surface area contributed by atoms with Gasteiger partial charge in [-0.25, -0.2) is 8.42 Å². The normalized spacial score (nSPS) is 11.4. The predicted molar refractivity (Wildman–Crippen MR) is 76.4 cm³/mol. The van der Waals surface area contributed by atoms with E-state index in [4.69, 9.17) is 5.26 Å². The van der Waals surface area contributed by atoms with Crippen molar-refractivity contribution < 1.29 is 35.9 Å². The summed E-state index contributed by atoms with van der Waals surface area (Å²) in [6, 6.07) is 6.91. The molecule has 12 heteroatoms. The van der Waals surface area contributed by atoms with Gasteiger partial charge >= 0.3 is 12.1 Å². The van der Waals surface area contributed by atoms with E-state index < -0.39 is 47.8 Å². The van der Waals surface area contributed by atoms with E-state index in [-0.39, 0.29) is 10.5 Å². The zero-order valence-electron chi connectivity index (χ0n) is 12.5. The van der Waals surface area contributed by atoms with Crippen LogP contribution in [0.25, 0.3) is 0 Å². The number of nitrogens with zero attached hydrogens (tertiary/aromatic N) is 1. The van der Waals surface area contributed by atoms with Gasteiger partial charge in [-0.15, -0.1) is 0 Å². The Morgan fingerprint density at radius 2 is 1.88 bits per heavy atom. The van der Waals surface area contributed by atoms with Crippen molar-refractivity contribution >= 4 is 21.9 Å². The van der Waals surface area contributed by atoms with Crippen LogP contribution in [0.5, 0.6) is 0 Å². The number of carbonyl (C=O) groups is 2. The van der Waals surface area contributed by atoms with Crippen LogP contribution in [0.2, 0.25) is 0 Å². The number of benzene rings is 1. The minimum absolute atomic E-state index is 0.144. The third kappa shape index (κ3) is 7.19. The Morgan fingerprint density at radius 1 is 1.24 bits per heavy atom. The highest BCUT2D eigenvalue weighted by atomic mass is 32.2. The molecule has 0 saturated heterocycles. The molecule has 8 nitrogen and oxygen atoms in total. The lowest BCUT2D eigenvalue weighted by atomic mass is 10.2. The summed E-state index contributed by atoms with van der Waals surface area (Å²) in [5.74, 6) is -2.37. The molecule has 0 aliphatic heterocycles. The maximum absolute atomic E-state index is 12.0. The molecular formula is C13H12F3N3O5S. The Balaban J connectivity index is 2.51. The fourth-order valence-corrected chi connectivity index (χ4v) is 2.60. The number of nitrogens with one attached hydrogen (secondary N) is 2. The molecule has 0 aromatic heterocycles. The van der Waals surface area contributed by atoms with Gasteiger partial charge in [-0.3, -0.25) is 9.59 Å². The molecule has 1 aromatic carbocycles. The second kappa shape index (κ2) is 8.45. The maximum atomic E-state index is 12.0. The number of rotatable bonds is 7. The van der Waals surface area contributed by atoms with E-state index in [0.717, 1.165) is 6.07 Å². The first kappa shape index (κ1) is 20.4. The molecule has 136 valence electrons. The summed E-state index contributed by atoms with van der Waals surface area (Å²) in [5.41, 5.74) is -0.144. The lowest BCUT2D eigenvalue weighted by Gasteiger charge is -2.10. The molecule has 2 N–H and O–H groups in total. The Bertz CT molecular complexity index is 787. The van der Waals surface area contributed by atoms with Gasteiger partial charge in [-0.1, -0.05) is 12.1 Å². The van der Waals surface area contributed by atoms with E-state index in [1.165, 1.54) is 23.5 Å². The highest BCUT2D eigenvalue weighted by Gasteiger charge is 2.28. The number of halogens is 3. The number of carbonyl (C=O) groups excluding carboxylic acids is 2. The molecule has 0 bridgehead atoms. The summed E-state index contributed by atoms with van der Waals surface area (Å²) in [7, 11) is -4.19. The lowest BCUT2D eigenvalue weighted by molar-refractivity contribution is -0.150. The third-order valence-corrected chi connectivity index (χ3v) is 4.01. The van der Waals surface area contributed by atoms with Gasteiger partial charge < -0.3 is 10.1 Å². The number of amides is 1. The average Bonchev–Trinajstić information content (AvgIpc) is 2.55. The Kier molecular flexibility index (Phi) is 6.89. The van der Waals surface area contributed by atoms with Crippen molar-refractivity contribution in [3.05, 3.63) is 29.8 Å². The molecule has 0 radical (unpaired) electrons. The molecule has 1 rings (SSSR count). The van der Waals surface area contributed by atoms with Gasteiger partial charge in [0.15, 0.2) is 6.61 Å². The highest BCUT2D eigenvalue weighted by molar-refractivity contribution is 7.89. The predicted octanol–water partition coefficient (Wildman–Crippen LogP) is 0.0583. The van der Waals surface area contributed by atoms with Crippen LogP contribution in [0.1, 0.15) is 5.56 Å². The van der Waals surface area contributed by atoms with Gasteiger partial charge in [0.25, 0.3) is 5.91 Å². The zero-order chi connectivity index (χ0) is 19.1. The van der Waals surface area contributed by atoms with Gasteiger partial charge in [0.05, 0.1) is 10.5 Å². The average molecular weight is 379 g/mol.